The van der Waals surface area contributed by atoms with Gasteiger partial charge in [0, 0.05) is 16.1 Å². The highest BCUT2D eigenvalue weighted by Gasteiger charge is 2.45. The van der Waals surface area contributed by atoms with Gasteiger partial charge in [-0.2, -0.15) is 0 Å². The maximum atomic E-state index is 13.7. The minimum Gasteiger partial charge on any atom is -0.503 e. The van der Waals surface area contributed by atoms with Crippen LogP contribution in [-0.4, -0.2) is 23.4 Å². The van der Waals surface area contributed by atoms with Gasteiger partial charge >= 0.3 is 0 Å². The van der Waals surface area contributed by atoms with E-state index in [1.165, 1.54) is 4.90 Å². The normalized spacial score (nSPS) is 15.8. The Kier molecular flexibility index (Phi) is 5.83. The molecule has 1 aliphatic heterocycles. The number of Topliss-reactive ketones (excluding diaryl/α,β-unsaturated/α-hetero) is 1. The Balaban J connectivity index is 1.66. The lowest BCUT2D eigenvalue weighted by atomic mass is 9.94. The largest absolute Gasteiger partial charge is 0.503 e. The minimum absolute atomic E-state index is 0.00803. The number of ketones is 1. The van der Waals surface area contributed by atoms with Crippen molar-refractivity contribution in [3.63, 3.8) is 0 Å². The molecule has 176 valence electrons. The molecule has 1 N–H and O–H groups in total. The summed E-state index contributed by atoms with van der Waals surface area (Å²) in [6, 6.07) is 20.2. The van der Waals surface area contributed by atoms with Crippen molar-refractivity contribution in [2.45, 2.75) is 19.9 Å². The number of halogens is 1. The lowest BCUT2D eigenvalue weighted by Crippen LogP contribution is -2.31. The third-order valence-corrected chi connectivity index (χ3v) is 6.15. The molecule has 0 aliphatic carbocycles. The van der Waals surface area contributed by atoms with Gasteiger partial charge in [-0.3, -0.25) is 14.5 Å². The molecule has 0 radical (unpaired) electrons. The molecule has 3 aromatic carbocycles. The second kappa shape index (κ2) is 8.96. The van der Waals surface area contributed by atoms with Crippen molar-refractivity contribution in [2.75, 3.05) is 11.5 Å². The van der Waals surface area contributed by atoms with E-state index in [1.54, 1.807) is 54.6 Å². The zero-order chi connectivity index (χ0) is 24.7. The summed E-state index contributed by atoms with van der Waals surface area (Å²) >= 11 is 6.08. The summed E-state index contributed by atoms with van der Waals surface area (Å²) < 4.78 is 11.4. The highest BCUT2D eigenvalue weighted by molar-refractivity contribution is 6.31. The summed E-state index contributed by atoms with van der Waals surface area (Å²) in [7, 11) is 0. The van der Waals surface area contributed by atoms with Crippen LogP contribution in [0.4, 0.5) is 5.69 Å². The Morgan fingerprint density at radius 3 is 2.66 bits per heavy atom. The number of carbonyl (C=O) groups is 2. The van der Waals surface area contributed by atoms with Crippen LogP contribution in [0.2, 0.25) is 5.02 Å². The molecule has 6 nitrogen and oxygen atoms in total. The number of anilines is 1. The molecule has 35 heavy (non-hydrogen) atoms. The number of aryl methyl sites for hydroxylation is 1. The molecule has 1 unspecified atom stereocenters. The van der Waals surface area contributed by atoms with Gasteiger partial charge in [0.25, 0.3) is 5.91 Å². The molecular formula is C28H22ClNO5. The summed E-state index contributed by atoms with van der Waals surface area (Å²) in [6.07, 6.45) is 0. The van der Waals surface area contributed by atoms with Crippen molar-refractivity contribution in [3.8, 4) is 5.75 Å². The Hall–Kier alpha value is -4.03. The maximum Gasteiger partial charge on any atom is 0.294 e. The van der Waals surface area contributed by atoms with Crippen molar-refractivity contribution in [3.05, 3.63) is 106 Å². The van der Waals surface area contributed by atoms with Crippen molar-refractivity contribution in [2.24, 2.45) is 0 Å². The quantitative estimate of drug-likeness (QED) is 0.311. The van der Waals surface area contributed by atoms with E-state index in [4.69, 9.17) is 20.8 Å². The minimum atomic E-state index is -0.881. The number of hydrogen-bond donors (Lipinski definition) is 1. The topological polar surface area (TPSA) is 80.0 Å². The van der Waals surface area contributed by atoms with Crippen LogP contribution in [-0.2, 0) is 4.79 Å². The van der Waals surface area contributed by atoms with Crippen LogP contribution in [0.15, 0.2) is 88.5 Å². The third-order valence-electron chi connectivity index (χ3n) is 5.92. The number of ether oxygens (including phenoxy) is 1. The Morgan fingerprint density at radius 1 is 1.09 bits per heavy atom. The van der Waals surface area contributed by atoms with E-state index in [0.29, 0.717) is 39.6 Å². The predicted octanol–water partition coefficient (Wildman–Crippen LogP) is 6.58. The van der Waals surface area contributed by atoms with Crippen LogP contribution in [0.5, 0.6) is 5.75 Å². The van der Waals surface area contributed by atoms with E-state index in [2.05, 4.69) is 0 Å². The van der Waals surface area contributed by atoms with Gasteiger partial charge in [0.2, 0.25) is 5.78 Å². The first-order chi connectivity index (χ1) is 16.9. The van der Waals surface area contributed by atoms with E-state index in [9.17, 15) is 14.7 Å². The zero-order valence-corrected chi connectivity index (χ0v) is 19.9. The number of amides is 1. The lowest BCUT2D eigenvalue weighted by Gasteiger charge is -2.27. The Labute approximate surface area is 207 Å². The summed E-state index contributed by atoms with van der Waals surface area (Å²) in [4.78, 5) is 28.5. The van der Waals surface area contributed by atoms with Crippen LogP contribution in [0.25, 0.3) is 11.0 Å². The van der Waals surface area contributed by atoms with Crippen LogP contribution in [0.1, 0.15) is 34.6 Å². The highest BCUT2D eigenvalue weighted by atomic mass is 35.5. The van der Waals surface area contributed by atoms with Gasteiger partial charge in [-0.15, -0.1) is 0 Å². The molecular weight excluding hydrogens is 466 g/mol. The standard InChI is InChI=1S/C28H22ClNO5/c1-3-34-21-9-5-7-17(14-21)25-24(26(31)23-15-18-13-19(29)10-11-22(18)35-23)27(32)28(33)30(25)20-8-4-6-16(2)12-20/h4-15,25,32H,3H2,1-2H3. The highest BCUT2D eigenvalue weighted by Crippen LogP contribution is 2.43. The molecule has 5 rings (SSSR count). The van der Waals surface area contributed by atoms with Crippen molar-refractivity contribution >= 4 is 39.9 Å². The van der Waals surface area contributed by atoms with E-state index in [1.807, 2.05) is 32.0 Å². The van der Waals surface area contributed by atoms with E-state index in [0.717, 1.165) is 5.56 Å². The first kappa shape index (κ1) is 22.7. The monoisotopic (exact) mass is 487 g/mol. The first-order valence-corrected chi connectivity index (χ1v) is 11.5. The van der Waals surface area contributed by atoms with Crippen LogP contribution in [0, 0.1) is 6.92 Å². The van der Waals surface area contributed by atoms with Crippen molar-refractivity contribution in [1.82, 2.24) is 0 Å². The molecule has 0 bridgehead atoms. The van der Waals surface area contributed by atoms with Gasteiger partial charge in [-0.05, 0) is 73.5 Å². The number of aliphatic hydroxyl groups excluding tert-OH is 1. The van der Waals surface area contributed by atoms with Crippen LogP contribution < -0.4 is 9.64 Å². The van der Waals surface area contributed by atoms with Gasteiger partial charge in [0.15, 0.2) is 11.5 Å². The average Bonchev–Trinajstić information content (AvgIpc) is 3.37. The van der Waals surface area contributed by atoms with Gasteiger partial charge in [-0.25, -0.2) is 0 Å². The smallest absolute Gasteiger partial charge is 0.294 e. The SMILES string of the molecule is CCOc1cccc(C2C(C(=O)c3cc4cc(Cl)ccc4o3)=C(O)C(=O)N2c2cccc(C)c2)c1. The lowest BCUT2D eigenvalue weighted by molar-refractivity contribution is -0.117. The summed E-state index contributed by atoms with van der Waals surface area (Å²) in [6.45, 7) is 4.25. The molecule has 4 aromatic rings. The number of fused-ring (bicyclic) bond motifs is 1. The van der Waals surface area contributed by atoms with Crippen molar-refractivity contribution < 1.29 is 23.8 Å². The maximum absolute atomic E-state index is 13.7. The number of aliphatic hydroxyl groups is 1. The number of benzene rings is 3. The van der Waals surface area contributed by atoms with Crippen molar-refractivity contribution in [1.29, 1.82) is 0 Å². The molecule has 0 spiro atoms. The number of carbonyl (C=O) groups excluding carboxylic acids is 2. The van der Waals surface area contributed by atoms with Gasteiger partial charge in [-0.1, -0.05) is 35.9 Å². The van der Waals surface area contributed by atoms with Crippen LogP contribution >= 0.6 is 11.6 Å². The number of hydrogen-bond acceptors (Lipinski definition) is 5. The summed E-state index contributed by atoms with van der Waals surface area (Å²) in [5.74, 6) is -1.25. The molecule has 0 saturated heterocycles. The van der Waals surface area contributed by atoms with E-state index < -0.39 is 23.5 Å². The van der Waals surface area contributed by atoms with E-state index in [-0.39, 0.29) is 11.3 Å². The van der Waals surface area contributed by atoms with Gasteiger partial charge < -0.3 is 14.3 Å². The van der Waals surface area contributed by atoms with E-state index >= 15 is 0 Å². The summed E-state index contributed by atoms with van der Waals surface area (Å²) in [5, 5.41) is 12.1. The fourth-order valence-corrected chi connectivity index (χ4v) is 4.58. The molecule has 1 amide bonds. The Morgan fingerprint density at radius 2 is 1.89 bits per heavy atom. The first-order valence-electron chi connectivity index (χ1n) is 11.2. The fourth-order valence-electron chi connectivity index (χ4n) is 4.40. The number of rotatable bonds is 6. The molecule has 2 heterocycles. The van der Waals surface area contributed by atoms with Gasteiger partial charge in [0.05, 0.1) is 18.2 Å². The number of furan rings is 1. The number of nitrogens with zero attached hydrogens (tertiary/aromatic N) is 1. The molecule has 1 aromatic heterocycles. The Bertz CT molecular complexity index is 1500. The molecule has 7 heteroatoms. The second-order valence-corrected chi connectivity index (χ2v) is 8.74. The second-order valence-electron chi connectivity index (χ2n) is 8.31. The molecule has 1 atom stereocenters. The predicted molar refractivity (Wildman–Crippen MR) is 134 cm³/mol. The average molecular weight is 488 g/mol. The molecule has 0 fully saturated rings. The molecule has 1 aliphatic rings. The van der Waals surface area contributed by atoms with Crippen LogP contribution in [0.3, 0.4) is 0 Å². The summed E-state index contributed by atoms with van der Waals surface area (Å²) in [5.41, 5.74) is 2.54. The zero-order valence-electron chi connectivity index (χ0n) is 19.1. The fraction of sp³-hybridized carbons (Fsp3) is 0.143. The molecule has 0 saturated carbocycles. The third kappa shape index (κ3) is 4.06. The van der Waals surface area contributed by atoms with Gasteiger partial charge in [0.1, 0.15) is 11.3 Å².